The molecule has 0 spiro atoms. The van der Waals surface area contributed by atoms with E-state index in [1.807, 2.05) is 22.4 Å². The highest BCUT2D eigenvalue weighted by Crippen LogP contribution is 2.49. The molecule has 1 N–H and O–H groups in total. The minimum atomic E-state index is 0.0634. The molecule has 25 heavy (non-hydrogen) atoms. The van der Waals surface area contributed by atoms with E-state index in [9.17, 15) is 9.59 Å². The Hall–Kier alpha value is -1.36. The molecule has 4 rings (SSSR count). The summed E-state index contributed by atoms with van der Waals surface area (Å²) in [5.74, 6) is 2.82. The summed E-state index contributed by atoms with van der Waals surface area (Å²) in [5, 5.41) is 5.24. The molecule has 2 amide bonds. The van der Waals surface area contributed by atoms with E-state index in [1.165, 1.54) is 37.0 Å². The van der Waals surface area contributed by atoms with Crippen LogP contribution >= 0.6 is 11.3 Å². The molecule has 0 aromatic carbocycles. The number of amides is 2. The van der Waals surface area contributed by atoms with Gasteiger partial charge in [0.05, 0.1) is 4.88 Å². The van der Waals surface area contributed by atoms with Crippen LogP contribution in [0.15, 0.2) is 17.5 Å². The average Bonchev–Trinajstić information content (AvgIpc) is 3.38. The summed E-state index contributed by atoms with van der Waals surface area (Å²) in [6, 6.07) is 4.09. The normalized spacial score (nSPS) is 30.4. The first kappa shape index (κ1) is 17.1. The zero-order valence-electron chi connectivity index (χ0n) is 14.9. The van der Waals surface area contributed by atoms with Crippen molar-refractivity contribution in [1.82, 2.24) is 10.2 Å². The Morgan fingerprint density at radius 2 is 2.00 bits per heavy atom. The number of nitrogens with zero attached hydrogens (tertiary/aromatic N) is 1. The molecule has 2 bridgehead atoms. The summed E-state index contributed by atoms with van der Waals surface area (Å²) >= 11 is 1.49. The summed E-state index contributed by atoms with van der Waals surface area (Å²) in [5.41, 5.74) is 0. The van der Waals surface area contributed by atoms with Gasteiger partial charge in [-0.2, -0.15) is 0 Å². The largest absolute Gasteiger partial charge is 0.353 e. The van der Waals surface area contributed by atoms with Crippen LogP contribution in [-0.2, 0) is 4.79 Å². The average molecular weight is 361 g/mol. The summed E-state index contributed by atoms with van der Waals surface area (Å²) in [6.07, 6.45) is 7.02. The molecule has 0 unspecified atom stereocenters. The number of hydrogen-bond acceptors (Lipinski definition) is 3. The number of likely N-dealkylation sites (tertiary alicyclic amines) is 1. The zero-order valence-corrected chi connectivity index (χ0v) is 15.8. The number of rotatable bonds is 4. The van der Waals surface area contributed by atoms with E-state index in [1.54, 1.807) is 0 Å². The van der Waals surface area contributed by atoms with Gasteiger partial charge < -0.3 is 10.2 Å². The third kappa shape index (κ3) is 3.48. The Labute approximate surface area is 154 Å². The van der Waals surface area contributed by atoms with Crippen molar-refractivity contribution in [2.24, 2.45) is 23.7 Å². The van der Waals surface area contributed by atoms with Crippen molar-refractivity contribution in [1.29, 1.82) is 0 Å². The Kier molecular flexibility index (Phi) is 4.85. The fourth-order valence-electron chi connectivity index (χ4n) is 5.26. The van der Waals surface area contributed by atoms with Gasteiger partial charge in [-0.15, -0.1) is 11.3 Å². The standard InChI is InChI=1S/C20H28N2O2S/c1-13(17-12-14-4-5-16(17)11-14)21-19(23)15-6-8-22(9-7-15)20(24)18-3-2-10-25-18/h2-3,10,13-17H,4-9,11-12H2,1H3,(H,21,23)/t13-,14+,16+,17+/m1/s1. The van der Waals surface area contributed by atoms with E-state index in [-0.39, 0.29) is 17.7 Å². The highest BCUT2D eigenvalue weighted by atomic mass is 32.1. The van der Waals surface area contributed by atoms with Gasteiger partial charge in [0.15, 0.2) is 0 Å². The van der Waals surface area contributed by atoms with Gasteiger partial charge >= 0.3 is 0 Å². The lowest BCUT2D eigenvalue weighted by molar-refractivity contribution is -0.127. The van der Waals surface area contributed by atoms with E-state index >= 15 is 0 Å². The highest BCUT2D eigenvalue weighted by Gasteiger charge is 2.42. The molecule has 3 fully saturated rings. The second-order valence-corrected chi connectivity index (χ2v) is 9.13. The number of piperidine rings is 1. The number of nitrogens with one attached hydrogen (secondary N) is 1. The second-order valence-electron chi connectivity index (χ2n) is 8.18. The molecular weight excluding hydrogens is 332 g/mol. The van der Waals surface area contributed by atoms with Gasteiger partial charge in [-0.25, -0.2) is 0 Å². The van der Waals surface area contributed by atoms with E-state index < -0.39 is 0 Å². The van der Waals surface area contributed by atoms with Gasteiger partial charge in [-0.1, -0.05) is 12.5 Å². The monoisotopic (exact) mass is 360 g/mol. The van der Waals surface area contributed by atoms with E-state index in [4.69, 9.17) is 0 Å². The van der Waals surface area contributed by atoms with E-state index in [0.717, 1.165) is 29.6 Å². The summed E-state index contributed by atoms with van der Waals surface area (Å²) in [7, 11) is 0. The molecule has 5 heteroatoms. The van der Waals surface area contributed by atoms with Crippen LogP contribution in [-0.4, -0.2) is 35.8 Å². The fraction of sp³-hybridized carbons (Fsp3) is 0.700. The van der Waals surface area contributed by atoms with Crippen LogP contribution in [0.4, 0.5) is 0 Å². The highest BCUT2D eigenvalue weighted by molar-refractivity contribution is 7.12. The molecule has 4 nitrogen and oxygen atoms in total. The van der Waals surface area contributed by atoms with Gasteiger partial charge in [0.25, 0.3) is 5.91 Å². The molecule has 1 aliphatic heterocycles. The topological polar surface area (TPSA) is 49.4 Å². The molecule has 2 saturated carbocycles. The molecule has 136 valence electrons. The maximum Gasteiger partial charge on any atom is 0.263 e. The zero-order chi connectivity index (χ0) is 17.4. The molecule has 2 aliphatic carbocycles. The summed E-state index contributed by atoms with van der Waals surface area (Å²) in [4.78, 5) is 27.8. The predicted molar refractivity (Wildman–Crippen MR) is 99.5 cm³/mol. The molecule has 2 heterocycles. The molecule has 4 atom stereocenters. The minimum Gasteiger partial charge on any atom is -0.353 e. The van der Waals surface area contributed by atoms with Crippen molar-refractivity contribution >= 4 is 23.2 Å². The van der Waals surface area contributed by atoms with Crippen LogP contribution in [0.1, 0.15) is 55.1 Å². The van der Waals surface area contributed by atoms with Gasteiger partial charge in [-0.3, -0.25) is 9.59 Å². The predicted octanol–water partition coefficient (Wildman–Crippen LogP) is 3.54. The lowest BCUT2D eigenvalue weighted by Gasteiger charge is -2.33. The molecular formula is C20H28N2O2S. The maximum absolute atomic E-state index is 12.7. The lowest BCUT2D eigenvalue weighted by Crippen LogP contribution is -2.47. The number of hydrogen-bond donors (Lipinski definition) is 1. The number of carbonyl (C=O) groups excluding carboxylic acids is 2. The van der Waals surface area contributed by atoms with Crippen LogP contribution in [0.5, 0.6) is 0 Å². The second kappa shape index (κ2) is 7.10. The molecule has 3 aliphatic rings. The van der Waals surface area contributed by atoms with E-state index in [2.05, 4.69) is 12.2 Å². The van der Waals surface area contributed by atoms with Crippen molar-refractivity contribution < 1.29 is 9.59 Å². The first-order valence-electron chi connectivity index (χ1n) is 9.75. The van der Waals surface area contributed by atoms with Gasteiger partial charge in [-0.05, 0) is 68.2 Å². The van der Waals surface area contributed by atoms with Crippen LogP contribution < -0.4 is 5.32 Å². The molecule has 1 saturated heterocycles. The lowest BCUT2D eigenvalue weighted by atomic mass is 9.83. The fourth-order valence-corrected chi connectivity index (χ4v) is 5.95. The third-order valence-corrected chi connectivity index (χ3v) is 7.55. The van der Waals surface area contributed by atoms with Gasteiger partial charge in [0.1, 0.15) is 0 Å². The first-order valence-corrected chi connectivity index (χ1v) is 10.6. The minimum absolute atomic E-state index is 0.0634. The molecule has 1 aromatic rings. The van der Waals surface area contributed by atoms with Crippen LogP contribution in [0.2, 0.25) is 0 Å². The Bertz CT molecular complexity index is 622. The quantitative estimate of drug-likeness (QED) is 0.893. The SMILES string of the molecule is C[C@@H](NC(=O)C1CCN(C(=O)c2cccs2)CC1)[C@@H]1C[C@H]2CC[C@H]1C2. The molecule has 1 aromatic heterocycles. The van der Waals surface area contributed by atoms with E-state index in [0.29, 0.717) is 25.0 Å². The number of fused-ring (bicyclic) bond motifs is 2. The van der Waals surface area contributed by atoms with Crippen LogP contribution in [0.25, 0.3) is 0 Å². The summed E-state index contributed by atoms with van der Waals surface area (Å²) < 4.78 is 0. The Morgan fingerprint density at radius 1 is 1.20 bits per heavy atom. The third-order valence-electron chi connectivity index (χ3n) is 6.69. The maximum atomic E-state index is 12.7. The van der Waals surface area contributed by atoms with Gasteiger partial charge in [0.2, 0.25) is 5.91 Å². The Morgan fingerprint density at radius 3 is 2.60 bits per heavy atom. The summed E-state index contributed by atoms with van der Waals surface area (Å²) in [6.45, 7) is 3.58. The number of thiophene rings is 1. The number of carbonyl (C=O) groups is 2. The van der Waals surface area contributed by atoms with Crippen molar-refractivity contribution in [3.63, 3.8) is 0 Å². The van der Waals surface area contributed by atoms with Crippen molar-refractivity contribution in [3.05, 3.63) is 22.4 Å². The van der Waals surface area contributed by atoms with Crippen molar-refractivity contribution in [2.45, 2.75) is 51.5 Å². The van der Waals surface area contributed by atoms with Crippen molar-refractivity contribution in [3.8, 4) is 0 Å². The smallest absolute Gasteiger partial charge is 0.263 e. The Balaban J connectivity index is 1.26. The van der Waals surface area contributed by atoms with Crippen LogP contribution in [0.3, 0.4) is 0 Å². The van der Waals surface area contributed by atoms with Crippen LogP contribution in [0, 0.1) is 23.7 Å². The first-order chi connectivity index (χ1) is 12.1. The van der Waals surface area contributed by atoms with Crippen molar-refractivity contribution in [2.75, 3.05) is 13.1 Å². The molecule has 0 radical (unpaired) electrons. The van der Waals surface area contributed by atoms with Gasteiger partial charge in [0, 0.05) is 25.0 Å².